The molecular weight excluding hydrogens is 150 g/mol. The first kappa shape index (κ1) is 8.33. The van der Waals surface area contributed by atoms with Crippen LogP contribution in [0.3, 0.4) is 0 Å². The maximum absolute atomic E-state index is 2.27. The Morgan fingerprint density at radius 2 is 1.91 bits per heavy atom. The molecule has 11 heavy (non-hydrogen) atoms. The van der Waals surface area contributed by atoms with E-state index in [4.69, 9.17) is 0 Å². The minimum Gasteiger partial charge on any atom is -0.378 e. The number of benzene rings is 1. The van der Waals surface area contributed by atoms with Gasteiger partial charge in [-0.1, -0.05) is 16.8 Å². The van der Waals surface area contributed by atoms with Gasteiger partial charge in [-0.05, 0) is 19.1 Å². The molecule has 0 saturated carbocycles. The molecule has 0 heterocycles. The van der Waals surface area contributed by atoms with Crippen LogP contribution in [0.5, 0.6) is 0 Å². The Labute approximate surface area is 71.5 Å². The maximum atomic E-state index is 2.27. The fraction of sp³-hybridized carbons (Fsp3) is 0.333. The molecule has 1 rings (SSSR count). The van der Waals surface area contributed by atoms with E-state index in [1.54, 1.807) is 0 Å². The summed E-state index contributed by atoms with van der Waals surface area (Å²) in [4.78, 5) is 2.14. The summed E-state index contributed by atoms with van der Waals surface area (Å²) in [5.41, 5.74) is 2.72. The lowest BCUT2D eigenvalue weighted by molar-refractivity contribution is 1.13. The smallest absolute Gasteiger partial charge is 0.0389 e. The summed E-state index contributed by atoms with van der Waals surface area (Å²) >= 11 is 0. The molecule has 0 fully saturated rings. The Kier molecular flexibility index (Phi) is 2.34. The third-order valence-electron chi connectivity index (χ3n) is 2.01. The topological polar surface area (TPSA) is 3.24 Å². The van der Waals surface area contributed by atoms with Crippen molar-refractivity contribution in [1.29, 1.82) is 0 Å². The van der Waals surface area contributed by atoms with Crippen molar-refractivity contribution in [1.82, 2.24) is 0 Å². The van der Waals surface area contributed by atoms with Crippen LogP contribution in [-0.4, -0.2) is 24.3 Å². The van der Waals surface area contributed by atoms with Crippen LogP contribution in [0.1, 0.15) is 5.56 Å². The van der Waals surface area contributed by atoms with Crippen molar-refractivity contribution in [3.8, 4) is 0 Å². The highest BCUT2D eigenvalue weighted by Gasteiger charge is 1.96. The van der Waals surface area contributed by atoms with E-state index in [9.17, 15) is 0 Å². The van der Waals surface area contributed by atoms with E-state index < -0.39 is 0 Å². The molecule has 1 aromatic rings. The van der Waals surface area contributed by atoms with Gasteiger partial charge < -0.3 is 4.90 Å². The van der Waals surface area contributed by atoms with Gasteiger partial charge >= 0.3 is 0 Å². The van der Waals surface area contributed by atoms with Crippen molar-refractivity contribution in [2.45, 2.75) is 6.92 Å². The van der Waals surface area contributed by atoms with Gasteiger partial charge in [0.15, 0.2) is 0 Å². The summed E-state index contributed by atoms with van der Waals surface area (Å²) in [6, 6.07) is 6.62. The van der Waals surface area contributed by atoms with Crippen molar-refractivity contribution >= 4 is 21.1 Å². The van der Waals surface area contributed by atoms with E-state index in [1.165, 1.54) is 16.4 Å². The molecule has 2 heteroatoms. The molecule has 0 bridgehead atoms. The van der Waals surface area contributed by atoms with Crippen LogP contribution in [0.2, 0.25) is 0 Å². The van der Waals surface area contributed by atoms with Crippen LogP contribution >= 0.6 is 0 Å². The van der Waals surface area contributed by atoms with Gasteiger partial charge in [-0.3, -0.25) is 0 Å². The fourth-order valence-electron chi connectivity index (χ4n) is 1.00. The van der Waals surface area contributed by atoms with E-state index in [0.717, 1.165) is 10.2 Å². The van der Waals surface area contributed by atoms with Gasteiger partial charge in [-0.2, -0.15) is 0 Å². The molecule has 60 valence electrons. The summed E-state index contributed by atoms with van der Waals surface area (Å²) < 4.78 is 0. The van der Waals surface area contributed by atoms with Crippen molar-refractivity contribution in [2.24, 2.45) is 0 Å². The highest BCUT2D eigenvalue weighted by atomic mass is 28.1. The lowest BCUT2D eigenvalue weighted by Crippen LogP contribution is -2.14. The molecule has 0 aliphatic rings. The Morgan fingerprint density at radius 1 is 1.27 bits per heavy atom. The first-order valence-electron chi connectivity index (χ1n) is 3.86. The number of aryl methyl sites for hydroxylation is 1. The predicted octanol–water partition coefficient (Wildman–Crippen LogP) is 0.0517. The number of rotatable bonds is 1. The van der Waals surface area contributed by atoms with Crippen LogP contribution < -0.4 is 10.1 Å². The molecule has 0 unspecified atom stereocenters. The van der Waals surface area contributed by atoms with E-state index in [-0.39, 0.29) is 0 Å². The Hall–Kier alpha value is -0.763. The SMILES string of the molecule is Cc1ccc(N(C)C)cc1[SiH3]. The quantitative estimate of drug-likeness (QED) is 0.532. The van der Waals surface area contributed by atoms with Crippen LogP contribution in [0.4, 0.5) is 5.69 Å². The zero-order valence-corrected chi connectivity index (χ0v) is 9.68. The molecule has 0 N–H and O–H groups in total. The molecule has 0 radical (unpaired) electrons. The zero-order valence-electron chi connectivity index (χ0n) is 7.68. The number of nitrogens with zero attached hydrogens (tertiary/aromatic N) is 1. The van der Waals surface area contributed by atoms with Crippen LogP contribution in [0, 0.1) is 6.92 Å². The fourth-order valence-corrected chi connectivity index (χ4v) is 1.47. The Bertz CT molecular complexity index is 256. The van der Waals surface area contributed by atoms with Crippen molar-refractivity contribution in [3.63, 3.8) is 0 Å². The monoisotopic (exact) mass is 165 g/mol. The van der Waals surface area contributed by atoms with Crippen molar-refractivity contribution in [3.05, 3.63) is 23.8 Å². The molecular formula is C9H15NSi. The lowest BCUT2D eigenvalue weighted by Gasteiger charge is -2.13. The molecule has 0 spiro atoms. The molecule has 0 saturated heterocycles. The van der Waals surface area contributed by atoms with Gasteiger partial charge in [-0.15, -0.1) is 0 Å². The Morgan fingerprint density at radius 3 is 2.36 bits per heavy atom. The molecule has 1 nitrogen and oxygen atoms in total. The highest BCUT2D eigenvalue weighted by molar-refractivity contribution is 6.33. The number of anilines is 1. The highest BCUT2D eigenvalue weighted by Crippen LogP contribution is 2.08. The van der Waals surface area contributed by atoms with E-state index >= 15 is 0 Å². The third kappa shape index (κ3) is 1.83. The minimum absolute atomic E-state index is 1.14. The van der Waals surface area contributed by atoms with Crippen molar-refractivity contribution in [2.75, 3.05) is 19.0 Å². The van der Waals surface area contributed by atoms with Gasteiger partial charge in [0.25, 0.3) is 0 Å². The first-order chi connectivity index (χ1) is 5.11. The van der Waals surface area contributed by atoms with Gasteiger partial charge in [-0.25, -0.2) is 0 Å². The van der Waals surface area contributed by atoms with E-state index in [0.29, 0.717) is 0 Å². The second kappa shape index (κ2) is 3.09. The lowest BCUT2D eigenvalue weighted by atomic mass is 10.2. The Balaban J connectivity index is 3.05. The van der Waals surface area contributed by atoms with Gasteiger partial charge in [0.2, 0.25) is 0 Å². The summed E-state index contributed by atoms with van der Waals surface area (Å²) in [5.74, 6) is 0. The van der Waals surface area contributed by atoms with E-state index in [1.807, 2.05) is 0 Å². The average molecular weight is 165 g/mol. The summed E-state index contributed by atoms with van der Waals surface area (Å²) in [5, 5.41) is 1.50. The van der Waals surface area contributed by atoms with Crippen LogP contribution in [0.15, 0.2) is 18.2 Å². The molecule has 0 aliphatic heterocycles. The summed E-state index contributed by atoms with van der Waals surface area (Å²) in [7, 11) is 5.29. The van der Waals surface area contributed by atoms with Crippen molar-refractivity contribution < 1.29 is 0 Å². The zero-order chi connectivity index (χ0) is 8.43. The van der Waals surface area contributed by atoms with E-state index in [2.05, 4.69) is 44.1 Å². The standard InChI is InChI=1S/C9H15NSi/c1-7-4-5-8(10(2)3)6-9(7)11/h4-6H,1-3,11H3. The van der Waals surface area contributed by atoms with Gasteiger partial charge in [0.05, 0.1) is 0 Å². The summed E-state index contributed by atoms with van der Waals surface area (Å²) in [6.07, 6.45) is 0. The molecule has 0 atom stereocenters. The van der Waals surface area contributed by atoms with Crippen LogP contribution in [-0.2, 0) is 0 Å². The second-order valence-electron chi connectivity index (χ2n) is 3.16. The van der Waals surface area contributed by atoms with Gasteiger partial charge in [0, 0.05) is 30.0 Å². The largest absolute Gasteiger partial charge is 0.378 e. The number of hydrogen-bond donors (Lipinski definition) is 0. The van der Waals surface area contributed by atoms with Gasteiger partial charge in [0.1, 0.15) is 0 Å². The number of hydrogen-bond acceptors (Lipinski definition) is 1. The molecule has 1 aromatic carbocycles. The minimum atomic E-state index is 1.14. The predicted molar refractivity (Wildman–Crippen MR) is 55.1 cm³/mol. The summed E-state index contributed by atoms with van der Waals surface area (Å²) in [6.45, 7) is 2.17. The first-order valence-corrected chi connectivity index (χ1v) is 4.86. The third-order valence-corrected chi connectivity index (χ3v) is 3.08. The molecule has 0 amide bonds. The molecule has 0 aromatic heterocycles. The molecule has 0 aliphatic carbocycles. The maximum Gasteiger partial charge on any atom is 0.0389 e. The average Bonchev–Trinajstić information content (AvgIpc) is 1.94. The van der Waals surface area contributed by atoms with Crippen LogP contribution in [0.25, 0.3) is 0 Å². The second-order valence-corrected chi connectivity index (χ2v) is 4.24. The normalized spacial score (nSPS) is 10.1.